The van der Waals surface area contributed by atoms with E-state index in [2.05, 4.69) is 31.1 Å². The number of ether oxygens (including phenoxy) is 5. The van der Waals surface area contributed by atoms with Crippen LogP contribution in [-0.4, -0.2) is 66.5 Å². The Balaban J connectivity index is 1.64. The summed E-state index contributed by atoms with van der Waals surface area (Å²) in [5.41, 5.74) is 7.74. The number of hydrogen-bond donors (Lipinski definition) is 4. The van der Waals surface area contributed by atoms with E-state index in [-0.39, 0.29) is 64.8 Å². The minimum absolute atomic E-state index is 0.0972. The predicted molar refractivity (Wildman–Crippen MR) is 193 cm³/mol. The maximum atomic E-state index is 13.5. The van der Waals surface area contributed by atoms with Crippen molar-refractivity contribution >= 4 is 27.7 Å². The first-order valence-electron chi connectivity index (χ1n) is 16.0. The fourth-order valence-electron chi connectivity index (χ4n) is 4.37. The fourth-order valence-corrected chi connectivity index (χ4v) is 5.29. The summed E-state index contributed by atoms with van der Waals surface area (Å²) in [4.78, 5) is 25.2. The minimum Gasteiger partial charge on any atom is -0.493 e. The average Bonchev–Trinajstić information content (AvgIpc) is 3.14. The molecule has 0 amide bonds. The smallest absolute Gasteiger partial charge is 0.493 e. The fraction of sp³-hybridized carbons (Fsp3) is 0.222. The number of methoxy groups -OCH3 is 1. The summed E-state index contributed by atoms with van der Waals surface area (Å²) in [5.74, 6) is -0.651. The summed E-state index contributed by atoms with van der Waals surface area (Å²) in [7, 11) is -2.98. The average molecular weight is 765 g/mol. The second-order valence-electron chi connectivity index (χ2n) is 12.0. The molecule has 0 unspecified atom stereocenters. The lowest BCUT2D eigenvalue weighted by atomic mass is 9.87. The molecule has 0 atom stereocenters. The van der Waals surface area contributed by atoms with Crippen molar-refractivity contribution in [3.63, 3.8) is 0 Å². The summed E-state index contributed by atoms with van der Waals surface area (Å²) in [6.45, 7) is 9.08. The van der Waals surface area contributed by atoms with E-state index >= 15 is 0 Å². The van der Waals surface area contributed by atoms with E-state index in [1.165, 1.54) is 55.9 Å². The Kier molecular flexibility index (Phi) is 14.0. The molecule has 0 saturated heterocycles. The SMILES string of the molecule is C=C(NC(OCCOC(=O)Oc1ccc(CON(O)O)cc1)=C(Oc1ccccc1OC)C(N)=NS(=O)(=O)c1ccc(C(C)(C)C)cc1)c1ncccn1. The van der Waals surface area contributed by atoms with Crippen LogP contribution in [0.2, 0.25) is 0 Å². The van der Waals surface area contributed by atoms with Crippen molar-refractivity contribution in [1.82, 2.24) is 20.7 Å². The quantitative estimate of drug-likeness (QED) is 0.0209. The van der Waals surface area contributed by atoms with Crippen LogP contribution in [0.15, 0.2) is 119 Å². The highest BCUT2D eigenvalue weighted by molar-refractivity contribution is 7.90. The second kappa shape index (κ2) is 18.6. The van der Waals surface area contributed by atoms with E-state index in [1.54, 1.807) is 42.5 Å². The van der Waals surface area contributed by atoms with Gasteiger partial charge in [-0.15, -0.1) is 4.40 Å². The molecule has 5 N–H and O–H groups in total. The number of aromatic nitrogens is 2. The monoisotopic (exact) mass is 764 g/mol. The number of hydrogen-bond acceptors (Lipinski definition) is 15. The van der Waals surface area contributed by atoms with E-state index in [0.29, 0.717) is 5.56 Å². The molecule has 0 bridgehead atoms. The first-order valence-corrected chi connectivity index (χ1v) is 17.5. The zero-order valence-corrected chi connectivity index (χ0v) is 30.6. The van der Waals surface area contributed by atoms with Crippen LogP contribution in [0.25, 0.3) is 5.70 Å². The van der Waals surface area contributed by atoms with Gasteiger partial charge in [-0.05, 0) is 59.0 Å². The van der Waals surface area contributed by atoms with Crippen LogP contribution in [0, 0.1) is 0 Å². The summed E-state index contributed by atoms with van der Waals surface area (Å²) in [6, 6.07) is 20.3. The number of nitrogens with one attached hydrogen (secondary N) is 1. The van der Waals surface area contributed by atoms with Crippen molar-refractivity contribution < 1.29 is 52.1 Å². The van der Waals surface area contributed by atoms with Gasteiger partial charge in [-0.1, -0.05) is 63.7 Å². The second-order valence-corrected chi connectivity index (χ2v) is 13.6. The largest absolute Gasteiger partial charge is 0.513 e. The van der Waals surface area contributed by atoms with Crippen LogP contribution < -0.4 is 25.3 Å². The highest BCUT2D eigenvalue weighted by atomic mass is 32.2. The Labute approximate surface area is 311 Å². The van der Waals surface area contributed by atoms with Crippen molar-refractivity contribution in [3.8, 4) is 17.2 Å². The summed E-state index contributed by atoms with van der Waals surface area (Å²) < 4.78 is 58.8. The third kappa shape index (κ3) is 12.0. The highest BCUT2D eigenvalue weighted by Crippen LogP contribution is 2.29. The van der Waals surface area contributed by atoms with Crippen molar-refractivity contribution in [2.75, 3.05) is 20.3 Å². The summed E-state index contributed by atoms with van der Waals surface area (Å²) in [6.07, 6.45) is 1.89. The van der Waals surface area contributed by atoms with Gasteiger partial charge in [0.05, 0.1) is 29.7 Å². The summed E-state index contributed by atoms with van der Waals surface area (Å²) >= 11 is 0. The number of carbonyl (C=O) groups excluding carboxylic acids is 1. The number of benzene rings is 3. The number of amidine groups is 1. The molecule has 0 aliphatic carbocycles. The number of rotatable bonds is 17. The van der Waals surface area contributed by atoms with Gasteiger partial charge >= 0.3 is 6.16 Å². The van der Waals surface area contributed by atoms with Gasteiger partial charge in [0.2, 0.25) is 11.6 Å². The number of nitrogens with zero attached hydrogens (tertiary/aromatic N) is 4. The number of nitrogens with two attached hydrogens (primary N) is 1. The first-order chi connectivity index (χ1) is 25.7. The van der Waals surface area contributed by atoms with Gasteiger partial charge in [0, 0.05) is 12.4 Å². The lowest BCUT2D eigenvalue weighted by Crippen LogP contribution is -2.29. The molecule has 0 radical (unpaired) electrons. The maximum Gasteiger partial charge on any atom is 0.513 e. The molecule has 18 heteroatoms. The molecule has 0 fully saturated rings. The van der Waals surface area contributed by atoms with Gasteiger partial charge in [0.25, 0.3) is 10.0 Å². The molecule has 286 valence electrons. The third-order valence-electron chi connectivity index (χ3n) is 7.08. The Bertz CT molecular complexity index is 2050. The lowest BCUT2D eigenvalue weighted by Gasteiger charge is -2.20. The number of para-hydroxylation sites is 2. The Morgan fingerprint density at radius 2 is 1.54 bits per heavy atom. The standard InChI is InChI=1S/C36H40N6O11S/c1-24(33-38-19-8-20-39-33)40-34(49-21-22-50-35(43)52-27-15-11-25(12-16-27)23-51-42(44)45)31(53-30-10-7-6-9-29(30)48-5)32(37)41-54(46,47)28-17-13-26(14-18-28)36(2,3)4/h6-20,40,44-45H,1,21-23H2,2-5H3,(H2,37,41). The van der Waals surface area contributed by atoms with Gasteiger partial charge in [-0.2, -0.15) is 8.42 Å². The minimum atomic E-state index is -4.40. The maximum absolute atomic E-state index is 13.5. The number of sulfonamides is 1. The zero-order valence-electron chi connectivity index (χ0n) is 29.8. The molecular formula is C36H40N6O11S. The first kappa shape index (κ1) is 40.7. The van der Waals surface area contributed by atoms with E-state index < -0.39 is 33.2 Å². The van der Waals surface area contributed by atoms with E-state index in [4.69, 9.17) is 39.8 Å². The van der Waals surface area contributed by atoms with Crippen LogP contribution >= 0.6 is 0 Å². The molecule has 17 nitrogen and oxygen atoms in total. The Morgan fingerprint density at radius 1 is 0.907 bits per heavy atom. The highest BCUT2D eigenvalue weighted by Gasteiger charge is 2.24. The van der Waals surface area contributed by atoms with Gasteiger partial charge in [0.1, 0.15) is 19.0 Å². The van der Waals surface area contributed by atoms with Crippen molar-refractivity contribution in [3.05, 3.63) is 126 Å². The molecule has 54 heavy (non-hydrogen) atoms. The molecule has 0 aliphatic rings. The molecular weight excluding hydrogens is 724 g/mol. The van der Waals surface area contributed by atoms with Gasteiger partial charge in [0.15, 0.2) is 23.2 Å². The molecule has 4 rings (SSSR count). The summed E-state index contributed by atoms with van der Waals surface area (Å²) in [5, 5.41) is 19.8. The van der Waals surface area contributed by atoms with Crippen LogP contribution in [0.3, 0.4) is 0 Å². The molecule has 0 spiro atoms. The molecule has 0 saturated carbocycles. The van der Waals surface area contributed by atoms with Gasteiger partial charge in [-0.3, -0.25) is 10.4 Å². The topological polar surface area (TPSA) is 226 Å². The van der Waals surface area contributed by atoms with Crippen molar-refractivity contribution in [2.24, 2.45) is 10.1 Å². The number of carbonyl (C=O) groups is 1. The molecule has 1 aromatic heterocycles. The van der Waals surface area contributed by atoms with E-state index in [1.807, 2.05) is 20.8 Å². The molecule has 4 aromatic rings. The Morgan fingerprint density at radius 3 is 2.15 bits per heavy atom. The van der Waals surface area contributed by atoms with E-state index in [0.717, 1.165) is 5.56 Å². The third-order valence-corrected chi connectivity index (χ3v) is 8.38. The molecule has 1 heterocycles. The van der Waals surface area contributed by atoms with E-state index in [9.17, 15) is 13.2 Å². The lowest BCUT2D eigenvalue weighted by molar-refractivity contribution is -0.497. The van der Waals surface area contributed by atoms with Crippen molar-refractivity contribution in [1.29, 1.82) is 0 Å². The predicted octanol–water partition coefficient (Wildman–Crippen LogP) is 5.08. The molecule has 0 aliphatic heterocycles. The van der Waals surface area contributed by atoms with Crippen LogP contribution in [0.4, 0.5) is 4.79 Å². The zero-order chi connectivity index (χ0) is 39.3. The Hall–Kier alpha value is -6.05. The normalized spacial score (nSPS) is 12.4. The molecule has 3 aromatic carbocycles. The van der Waals surface area contributed by atoms with Crippen LogP contribution in [0.5, 0.6) is 17.2 Å². The van der Waals surface area contributed by atoms with Crippen molar-refractivity contribution in [2.45, 2.75) is 37.7 Å². The van der Waals surface area contributed by atoms with Crippen LogP contribution in [0.1, 0.15) is 37.7 Å². The van der Waals surface area contributed by atoms with Crippen LogP contribution in [-0.2, 0) is 36.4 Å². The van der Waals surface area contributed by atoms with Gasteiger partial charge < -0.3 is 34.7 Å². The van der Waals surface area contributed by atoms with Gasteiger partial charge in [-0.25, -0.2) is 19.6 Å².